The summed E-state index contributed by atoms with van der Waals surface area (Å²) in [6, 6.07) is 13.5. The number of H-pyrrole nitrogens is 2. The van der Waals surface area contributed by atoms with Crippen molar-refractivity contribution in [1.29, 1.82) is 0 Å². The Morgan fingerprint density at radius 2 is 0.984 bits per heavy atom. The number of hydrogen-bond acceptors (Lipinski definition) is 9. The molecule has 61 heavy (non-hydrogen) atoms. The van der Waals surface area contributed by atoms with Crippen LogP contribution in [0.15, 0.2) is 60.9 Å². The van der Waals surface area contributed by atoms with Gasteiger partial charge in [0, 0.05) is 13.1 Å². The fraction of sp³-hybridized carbons (Fsp3) is 0.522. The molecule has 4 aromatic rings. The summed E-state index contributed by atoms with van der Waals surface area (Å²) in [4.78, 5) is 72.5. The molecule has 0 saturated carbocycles. The molecule has 2 aliphatic rings. The van der Waals surface area contributed by atoms with E-state index < -0.39 is 35.5 Å². The van der Waals surface area contributed by atoms with Gasteiger partial charge in [0.2, 0.25) is 11.8 Å². The number of carbonyl (C=O) groups excluding carboxylic acids is 4. The second-order valence-corrected chi connectivity index (χ2v) is 18.6. The Kier molecular flexibility index (Phi) is 13.5. The highest BCUT2D eigenvalue weighted by Crippen LogP contribution is 2.35. The zero-order valence-corrected chi connectivity index (χ0v) is 37.1. The van der Waals surface area contributed by atoms with Crippen LogP contribution < -0.4 is 15.4 Å². The molecule has 15 heteroatoms. The summed E-state index contributed by atoms with van der Waals surface area (Å²) >= 11 is 0. The molecule has 2 saturated heterocycles. The first kappa shape index (κ1) is 44.7. The van der Waals surface area contributed by atoms with Gasteiger partial charge in [-0.1, -0.05) is 27.7 Å². The van der Waals surface area contributed by atoms with E-state index in [1.807, 2.05) is 86.0 Å². The lowest BCUT2D eigenvalue weighted by molar-refractivity contribution is -0.136. The van der Waals surface area contributed by atoms with Crippen LogP contribution in [0.3, 0.4) is 0 Å². The number of carbonyl (C=O) groups is 4. The molecule has 2 aromatic heterocycles. The van der Waals surface area contributed by atoms with Crippen molar-refractivity contribution in [3.05, 3.63) is 72.6 Å². The van der Waals surface area contributed by atoms with Gasteiger partial charge in [-0.2, -0.15) is 0 Å². The summed E-state index contributed by atoms with van der Waals surface area (Å²) in [6.45, 7) is 19.5. The number of aromatic amines is 2. The molecule has 0 aliphatic carbocycles. The van der Waals surface area contributed by atoms with E-state index in [1.165, 1.54) is 0 Å². The molecule has 0 bridgehead atoms. The Labute approximate surface area is 358 Å². The first-order valence-electron chi connectivity index (χ1n) is 21.3. The van der Waals surface area contributed by atoms with E-state index in [2.05, 4.69) is 30.6 Å². The molecule has 0 unspecified atom stereocenters. The molecule has 4 N–H and O–H groups in total. The predicted molar refractivity (Wildman–Crippen MR) is 231 cm³/mol. The van der Waals surface area contributed by atoms with Crippen molar-refractivity contribution >= 4 is 24.0 Å². The molecule has 4 atom stereocenters. The third-order valence-corrected chi connectivity index (χ3v) is 10.7. The lowest BCUT2D eigenvalue weighted by Crippen LogP contribution is -2.52. The van der Waals surface area contributed by atoms with Gasteiger partial charge in [-0.15, -0.1) is 0 Å². The van der Waals surface area contributed by atoms with Crippen LogP contribution >= 0.6 is 0 Å². The van der Waals surface area contributed by atoms with Gasteiger partial charge in [0.25, 0.3) is 0 Å². The summed E-state index contributed by atoms with van der Waals surface area (Å²) in [7, 11) is 0. The van der Waals surface area contributed by atoms with Crippen molar-refractivity contribution in [2.24, 2.45) is 11.8 Å². The lowest BCUT2D eigenvalue weighted by atomic mass is 10.0. The average Bonchev–Trinajstić information content (AvgIpc) is 4.01. The first-order chi connectivity index (χ1) is 28.8. The Hall–Kier alpha value is -5.86. The maximum Gasteiger partial charge on any atom is 0.408 e. The number of imidazole rings is 2. The number of nitrogens with zero attached hydrogens (tertiary/aromatic N) is 4. The van der Waals surface area contributed by atoms with Crippen LogP contribution in [0.4, 0.5) is 9.59 Å². The van der Waals surface area contributed by atoms with Crippen molar-refractivity contribution in [1.82, 2.24) is 40.4 Å². The molecule has 6 rings (SSSR count). The highest BCUT2D eigenvalue weighted by molar-refractivity contribution is 5.87. The van der Waals surface area contributed by atoms with Crippen LogP contribution in [-0.4, -0.2) is 90.1 Å². The number of hydrogen-bond donors (Lipinski definition) is 4. The summed E-state index contributed by atoms with van der Waals surface area (Å²) in [5, 5.41) is 5.58. The van der Waals surface area contributed by atoms with Gasteiger partial charge in [-0.05, 0) is 139 Å². The minimum atomic E-state index is -0.722. The normalized spacial score (nSPS) is 18.0. The summed E-state index contributed by atoms with van der Waals surface area (Å²) in [5.74, 6) is 2.16. The fourth-order valence-electron chi connectivity index (χ4n) is 7.73. The van der Waals surface area contributed by atoms with Crippen LogP contribution in [0, 0.1) is 11.8 Å². The maximum absolute atomic E-state index is 13.8. The maximum atomic E-state index is 13.8. The van der Waals surface area contributed by atoms with Gasteiger partial charge >= 0.3 is 12.2 Å². The highest BCUT2D eigenvalue weighted by atomic mass is 16.6. The number of benzene rings is 2. The molecule has 2 fully saturated rings. The Balaban J connectivity index is 1.06. The van der Waals surface area contributed by atoms with E-state index in [0.29, 0.717) is 36.2 Å². The standard InChI is InChI=1S/C46H62N8O7/c1-27(2)37(51-43(57)60-45(5,6)7)41(55)53-23-11-13-35(53)39-47-25-33(49-39)29-15-19-31(20-16-29)59-32-21-17-30(18-22-32)34-26-48-40(50-34)36-14-12-24-54(36)42(56)38(28(3)4)52-44(58)61-46(8,9)10/h15-22,25-28,35-38H,11-14,23-24H2,1-10H3,(H,47,49)(H,48,50)(H,51,57)(H,52,58)/t35-,36-,37+,38+/m0/s1. The van der Waals surface area contributed by atoms with Gasteiger partial charge in [0.05, 0.1) is 35.9 Å². The Morgan fingerprint density at radius 3 is 1.31 bits per heavy atom. The highest BCUT2D eigenvalue weighted by Gasteiger charge is 2.39. The van der Waals surface area contributed by atoms with Crippen LogP contribution in [0.25, 0.3) is 22.5 Å². The SMILES string of the molecule is CC(C)[C@@H](NC(=O)OC(C)(C)C)C(=O)N1CCC[C@H]1c1ncc(-c2ccc(Oc3ccc(-c4cnc([C@@H]5CCCN5C(=O)[C@H](NC(=O)OC(C)(C)C)C(C)C)[nH]4)cc3)cc2)[nH]1. The van der Waals surface area contributed by atoms with E-state index >= 15 is 0 Å². The predicted octanol–water partition coefficient (Wildman–Crippen LogP) is 8.68. The van der Waals surface area contributed by atoms with Crippen molar-refractivity contribution in [2.45, 2.75) is 130 Å². The van der Waals surface area contributed by atoms with E-state index in [1.54, 1.807) is 53.9 Å². The molecule has 15 nitrogen and oxygen atoms in total. The Morgan fingerprint density at radius 1 is 0.623 bits per heavy atom. The number of likely N-dealkylation sites (tertiary alicyclic amines) is 2. The topological polar surface area (TPSA) is 184 Å². The summed E-state index contributed by atoms with van der Waals surface area (Å²) in [5.41, 5.74) is 2.13. The quantitative estimate of drug-likeness (QED) is 0.108. The number of rotatable bonds is 12. The van der Waals surface area contributed by atoms with E-state index in [4.69, 9.17) is 14.2 Å². The monoisotopic (exact) mass is 838 g/mol. The van der Waals surface area contributed by atoms with E-state index in [-0.39, 0.29) is 35.7 Å². The van der Waals surface area contributed by atoms with Gasteiger partial charge in [0.15, 0.2) is 0 Å². The molecule has 2 aromatic carbocycles. The van der Waals surface area contributed by atoms with Crippen molar-refractivity contribution in [2.75, 3.05) is 13.1 Å². The average molecular weight is 839 g/mol. The molecule has 0 radical (unpaired) electrons. The van der Waals surface area contributed by atoms with Crippen LogP contribution in [0.1, 0.15) is 119 Å². The van der Waals surface area contributed by atoms with Crippen LogP contribution in [0.2, 0.25) is 0 Å². The summed E-state index contributed by atoms with van der Waals surface area (Å²) < 4.78 is 17.1. The molecular formula is C46H62N8O7. The molecule has 0 spiro atoms. The minimum absolute atomic E-state index is 0.133. The minimum Gasteiger partial charge on any atom is -0.457 e. The smallest absolute Gasteiger partial charge is 0.408 e. The molecule has 328 valence electrons. The largest absolute Gasteiger partial charge is 0.457 e. The number of ether oxygens (including phenoxy) is 3. The number of alkyl carbamates (subject to hydrolysis) is 2. The third kappa shape index (κ3) is 11.3. The van der Waals surface area contributed by atoms with E-state index in [0.717, 1.165) is 48.2 Å². The Bertz CT molecular complexity index is 1990. The zero-order valence-electron chi connectivity index (χ0n) is 37.1. The third-order valence-electron chi connectivity index (χ3n) is 10.7. The van der Waals surface area contributed by atoms with Gasteiger partial charge < -0.3 is 44.6 Å². The molecule has 2 aliphatic heterocycles. The van der Waals surface area contributed by atoms with Gasteiger partial charge in [-0.25, -0.2) is 19.6 Å². The first-order valence-corrected chi connectivity index (χ1v) is 21.3. The second kappa shape index (κ2) is 18.4. The number of nitrogens with one attached hydrogen (secondary N) is 4. The molecular weight excluding hydrogens is 777 g/mol. The molecule has 4 heterocycles. The summed E-state index contributed by atoms with van der Waals surface area (Å²) in [6.07, 6.45) is 5.52. The molecule has 4 amide bonds. The van der Waals surface area contributed by atoms with Crippen molar-refractivity contribution < 1.29 is 33.4 Å². The van der Waals surface area contributed by atoms with Crippen molar-refractivity contribution in [3.8, 4) is 34.0 Å². The van der Waals surface area contributed by atoms with Gasteiger partial charge in [0.1, 0.15) is 46.4 Å². The van der Waals surface area contributed by atoms with Crippen LogP contribution in [0.5, 0.6) is 11.5 Å². The van der Waals surface area contributed by atoms with Crippen molar-refractivity contribution in [3.63, 3.8) is 0 Å². The van der Waals surface area contributed by atoms with Crippen LogP contribution in [-0.2, 0) is 19.1 Å². The lowest BCUT2D eigenvalue weighted by Gasteiger charge is -2.31. The second-order valence-electron chi connectivity index (χ2n) is 18.6. The zero-order chi connectivity index (χ0) is 44.2. The number of aromatic nitrogens is 4. The van der Waals surface area contributed by atoms with E-state index in [9.17, 15) is 19.2 Å². The number of amides is 4. The van der Waals surface area contributed by atoms with Gasteiger partial charge in [-0.3, -0.25) is 9.59 Å². The fourth-order valence-corrected chi connectivity index (χ4v) is 7.73.